The van der Waals surface area contributed by atoms with Crippen LogP contribution in [0.5, 0.6) is 0 Å². The smallest absolute Gasteiger partial charge is 0.381 e. The Balaban J connectivity index is 1.49. The predicted octanol–water partition coefficient (Wildman–Crippen LogP) is 2.63. The van der Waals surface area contributed by atoms with Crippen molar-refractivity contribution in [1.29, 1.82) is 0 Å². The lowest BCUT2D eigenvalue weighted by molar-refractivity contribution is -0.0884. The summed E-state index contributed by atoms with van der Waals surface area (Å²) >= 11 is 0. The summed E-state index contributed by atoms with van der Waals surface area (Å²) < 4.78 is 44.8. The van der Waals surface area contributed by atoms with Gasteiger partial charge in [0, 0.05) is 59.7 Å². The highest BCUT2D eigenvalue weighted by molar-refractivity contribution is 6.11. The molecule has 1 aliphatic heterocycles. The first-order valence-electron chi connectivity index (χ1n) is 11.0. The first-order valence-corrected chi connectivity index (χ1v) is 11.0. The summed E-state index contributed by atoms with van der Waals surface area (Å²) in [4.78, 5) is 44.3. The van der Waals surface area contributed by atoms with E-state index in [-0.39, 0.29) is 46.8 Å². The van der Waals surface area contributed by atoms with Crippen LogP contribution in [0.15, 0.2) is 36.5 Å². The summed E-state index contributed by atoms with van der Waals surface area (Å²) in [5.74, 6) is -2.26. The molecule has 2 amide bonds. The molecule has 11 heteroatoms. The summed E-state index contributed by atoms with van der Waals surface area (Å²) in [6, 6.07) is 7.69. The number of ketones is 1. The highest BCUT2D eigenvalue weighted by Gasteiger charge is 2.54. The molecule has 0 spiro atoms. The molecule has 1 aliphatic carbocycles. The number of nitrogens with zero attached hydrogens (tertiary/aromatic N) is 1. The van der Waals surface area contributed by atoms with E-state index in [1.807, 2.05) is 0 Å². The minimum absolute atomic E-state index is 0.000956. The van der Waals surface area contributed by atoms with Crippen molar-refractivity contribution in [3.05, 3.63) is 64.6 Å². The number of Topliss-reactive ketones (excluding diaryl/α,β-unsaturated/α-hetero) is 1. The highest BCUT2D eigenvalue weighted by atomic mass is 19.4. The van der Waals surface area contributed by atoms with Crippen LogP contribution in [-0.2, 0) is 11.2 Å². The number of pyridine rings is 1. The molecule has 0 radical (unpaired) electrons. The van der Waals surface area contributed by atoms with Crippen molar-refractivity contribution in [3.63, 3.8) is 0 Å². The van der Waals surface area contributed by atoms with Gasteiger partial charge in [0.2, 0.25) is 0 Å². The van der Waals surface area contributed by atoms with Gasteiger partial charge in [-0.1, -0.05) is 12.1 Å². The molecule has 0 bridgehead atoms. The number of ether oxygens (including phenoxy) is 1. The highest BCUT2D eigenvalue weighted by Crippen LogP contribution is 2.44. The molecule has 182 valence electrons. The molecule has 2 aromatic heterocycles. The fourth-order valence-electron chi connectivity index (χ4n) is 4.68. The molecule has 1 saturated heterocycles. The van der Waals surface area contributed by atoms with Crippen molar-refractivity contribution in [2.45, 2.75) is 18.6 Å². The van der Waals surface area contributed by atoms with Crippen LogP contribution in [0, 0.1) is 11.8 Å². The van der Waals surface area contributed by atoms with Gasteiger partial charge in [-0.25, -0.2) is 4.98 Å². The molecular weight excluding hydrogens is 465 g/mol. The Morgan fingerprint density at radius 1 is 1.14 bits per heavy atom. The molecule has 2 fully saturated rings. The number of nitrogens with one attached hydrogen (secondary N) is 3. The summed E-state index contributed by atoms with van der Waals surface area (Å²) in [6.07, 6.45) is -3.99. The Morgan fingerprint density at radius 2 is 1.89 bits per heavy atom. The fraction of sp³-hybridized carbons (Fsp3) is 0.333. The van der Waals surface area contributed by atoms with Gasteiger partial charge in [0.25, 0.3) is 17.6 Å². The number of alkyl halides is 3. The molecule has 2 aliphatic rings. The van der Waals surface area contributed by atoms with Crippen molar-refractivity contribution in [1.82, 2.24) is 20.6 Å². The summed E-state index contributed by atoms with van der Waals surface area (Å²) in [6.45, 7) is 1.20. The second kappa shape index (κ2) is 8.49. The lowest BCUT2D eigenvalue weighted by Gasteiger charge is -2.12. The Morgan fingerprint density at radius 3 is 2.57 bits per heavy atom. The maximum atomic E-state index is 13.1. The number of benzene rings is 1. The molecule has 3 atom stereocenters. The van der Waals surface area contributed by atoms with E-state index in [1.54, 1.807) is 18.2 Å². The van der Waals surface area contributed by atoms with Crippen LogP contribution in [0.4, 0.5) is 13.2 Å². The number of amides is 2. The van der Waals surface area contributed by atoms with E-state index in [1.165, 1.54) is 19.2 Å². The van der Waals surface area contributed by atoms with Crippen LogP contribution in [0.2, 0.25) is 0 Å². The van der Waals surface area contributed by atoms with Gasteiger partial charge in [-0.05, 0) is 23.8 Å². The average molecular weight is 486 g/mol. The minimum Gasteiger partial charge on any atom is -0.381 e. The second-order valence-electron chi connectivity index (χ2n) is 8.72. The molecule has 1 saturated carbocycles. The zero-order chi connectivity index (χ0) is 24.9. The first-order chi connectivity index (χ1) is 16.7. The number of H-pyrrole nitrogens is 1. The largest absolute Gasteiger partial charge is 0.454 e. The Kier molecular flexibility index (Phi) is 5.59. The lowest BCUT2D eigenvalue weighted by atomic mass is 9.99. The lowest BCUT2D eigenvalue weighted by Crippen LogP contribution is -2.30. The Labute approximate surface area is 197 Å². The van der Waals surface area contributed by atoms with Crippen molar-refractivity contribution in [2.24, 2.45) is 11.8 Å². The van der Waals surface area contributed by atoms with E-state index in [4.69, 9.17) is 4.74 Å². The van der Waals surface area contributed by atoms with Gasteiger partial charge in [-0.2, -0.15) is 13.2 Å². The number of halogens is 3. The van der Waals surface area contributed by atoms with Gasteiger partial charge >= 0.3 is 6.18 Å². The quantitative estimate of drug-likeness (QED) is 0.464. The number of hydrogen-bond acceptors (Lipinski definition) is 5. The normalized spacial score (nSPS) is 21.0. The molecule has 5 rings (SSSR count). The van der Waals surface area contributed by atoms with E-state index in [0.29, 0.717) is 30.0 Å². The monoisotopic (exact) mass is 486 g/mol. The maximum absolute atomic E-state index is 13.1. The average Bonchev–Trinajstić information content (AvgIpc) is 3.19. The molecular formula is C24H21F3N4O4. The Bertz CT molecular complexity index is 1340. The number of rotatable bonds is 6. The van der Waals surface area contributed by atoms with Crippen LogP contribution in [0.25, 0.3) is 10.9 Å². The van der Waals surface area contributed by atoms with Crippen LogP contribution >= 0.6 is 0 Å². The fourth-order valence-corrected chi connectivity index (χ4v) is 4.68. The second-order valence-corrected chi connectivity index (χ2v) is 8.72. The number of aromatic amines is 1. The summed E-state index contributed by atoms with van der Waals surface area (Å²) in [7, 11) is 1.43. The standard InChI is InChI=1S/C24H21F3N4O4/c1-28-23(34)18-7-12(22(33)31-20-15-9-35-10-16(15)20)6-13(30-18)5-11-3-2-4-17-19(11)14(8-29-17)21(32)24(25,26)27/h2-4,6-8,15-16,20,29H,5,9-10H2,1H3,(H,28,34)(H,31,33)/t15-,16+,20?. The van der Waals surface area contributed by atoms with Crippen LogP contribution in [0.3, 0.4) is 0 Å². The molecule has 3 heterocycles. The van der Waals surface area contributed by atoms with Gasteiger partial charge in [-0.15, -0.1) is 0 Å². The van der Waals surface area contributed by atoms with Gasteiger partial charge < -0.3 is 20.4 Å². The molecule has 3 N–H and O–H groups in total. The third kappa shape index (κ3) is 4.27. The third-order valence-corrected chi connectivity index (χ3v) is 6.52. The molecule has 1 unspecified atom stereocenters. The number of aromatic nitrogens is 2. The van der Waals surface area contributed by atoms with Crippen molar-refractivity contribution in [2.75, 3.05) is 20.3 Å². The zero-order valence-electron chi connectivity index (χ0n) is 18.5. The van der Waals surface area contributed by atoms with Gasteiger partial charge in [0.15, 0.2) is 0 Å². The number of carbonyl (C=O) groups is 3. The van der Waals surface area contributed by atoms with Crippen LogP contribution < -0.4 is 10.6 Å². The topological polar surface area (TPSA) is 113 Å². The van der Waals surface area contributed by atoms with Gasteiger partial charge in [0.05, 0.1) is 18.8 Å². The maximum Gasteiger partial charge on any atom is 0.454 e. The molecule has 3 aromatic rings. The number of hydrogen-bond donors (Lipinski definition) is 3. The number of fused-ring (bicyclic) bond motifs is 2. The predicted molar refractivity (Wildman–Crippen MR) is 118 cm³/mol. The summed E-state index contributed by atoms with van der Waals surface area (Å²) in [5, 5.41) is 5.55. The summed E-state index contributed by atoms with van der Waals surface area (Å²) in [5.41, 5.74) is 0.784. The Hall–Kier alpha value is -3.73. The van der Waals surface area contributed by atoms with E-state index < -0.39 is 23.4 Å². The number of carbonyl (C=O) groups excluding carboxylic acids is 3. The zero-order valence-corrected chi connectivity index (χ0v) is 18.5. The minimum atomic E-state index is -5.03. The van der Waals surface area contributed by atoms with Crippen molar-refractivity contribution in [3.8, 4) is 0 Å². The first kappa shape index (κ1) is 23.0. The van der Waals surface area contributed by atoms with Gasteiger partial charge in [-0.3, -0.25) is 14.4 Å². The van der Waals surface area contributed by atoms with E-state index in [0.717, 1.165) is 6.20 Å². The van der Waals surface area contributed by atoms with Crippen LogP contribution in [-0.4, -0.2) is 60.0 Å². The molecule has 35 heavy (non-hydrogen) atoms. The van der Waals surface area contributed by atoms with E-state index >= 15 is 0 Å². The van der Waals surface area contributed by atoms with Crippen LogP contribution in [0.1, 0.15) is 42.5 Å². The van der Waals surface area contributed by atoms with Crippen molar-refractivity contribution >= 4 is 28.5 Å². The molecule has 8 nitrogen and oxygen atoms in total. The van der Waals surface area contributed by atoms with E-state index in [9.17, 15) is 27.6 Å². The van der Waals surface area contributed by atoms with E-state index in [2.05, 4.69) is 20.6 Å². The molecule has 1 aromatic carbocycles. The van der Waals surface area contributed by atoms with Gasteiger partial charge in [0.1, 0.15) is 5.69 Å². The SMILES string of the molecule is CNC(=O)c1cc(C(=O)NC2[C@H]3COC[C@@H]23)cc(Cc2cccc3[nH]cc(C(=O)C(F)(F)F)c23)n1. The third-order valence-electron chi connectivity index (χ3n) is 6.52. The van der Waals surface area contributed by atoms with Crippen molar-refractivity contribution < 1.29 is 32.3 Å².